The van der Waals surface area contributed by atoms with Gasteiger partial charge in [-0.1, -0.05) is 48.5 Å². The van der Waals surface area contributed by atoms with Crippen molar-refractivity contribution in [3.63, 3.8) is 0 Å². The third kappa shape index (κ3) is 3.70. The maximum atomic E-state index is 9.37. The molecule has 19 heavy (non-hydrogen) atoms. The minimum Gasteiger partial charge on any atom is -0.508 e. The number of phenols is 1. The van der Waals surface area contributed by atoms with Gasteiger partial charge in [-0.15, -0.1) is 0 Å². The molecule has 2 N–H and O–H groups in total. The average Bonchev–Trinajstić information content (AvgIpc) is 2.46. The molecule has 0 bridgehead atoms. The topological polar surface area (TPSA) is 40.5 Å². The Morgan fingerprint density at radius 1 is 0.895 bits per heavy atom. The maximum Gasteiger partial charge on any atom is 0.115 e. The summed E-state index contributed by atoms with van der Waals surface area (Å²) < 4.78 is 0. The number of hydrogen-bond acceptors (Lipinski definition) is 2. The molecule has 2 aromatic carbocycles. The largest absolute Gasteiger partial charge is 0.508 e. The molecule has 98 valence electrons. The quantitative estimate of drug-likeness (QED) is 0.800. The number of aliphatic hydroxyl groups excluding tert-OH is 1. The standard InChI is InChI=1S/C17H18O2/c18-13-5-4-8-17(14-6-2-1-3-7-14)15-9-11-16(19)12-10-15/h1-3,6-12,18-19H,4-5,13H2. The van der Waals surface area contributed by atoms with Crippen molar-refractivity contribution in [3.8, 4) is 5.75 Å². The lowest BCUT2D eigenvalue weighted by Gasteiger charge is -2.09. The number of allylic oxidation sites excluding steroid dienone is 1. The van der Waals surface area contributed by atoms with Crippen LogP contribution in [-0.2, 0) is 0 Å². The van der Waals surface area contributed by atoms with Gasteiger partial charge in [0.05, 0.1) is 0 Å². The summed E-state index contributed by atoms with van der Waals surface area (Å²) in [6.45, 7) is 0.203. The number of hydrogen-bond donors (Lipinski definition) is 2. The van der Waals surface area contributed by atoms with Crippen LogP contribution in [-0.4, -0.2) is 16.8 Å². The fraction of sp³-hybridized carbons (Fsp3) is 0.176. The van der Waals surface area contributed by atoms with E-state index >= 15 is 0 Å². The molecule has 0 atom stereocenters. The van der Waals surface area contributed by atoms with Gasteiger partial charge in [-0.3, -0.25) is 0 Å². The van der Waals surface area contributed by atoms with Gasteiger partial charge in [0.1, 0.15) is 5.75 Å². The Labute approximate surface area is 113 Å². The van der Waals surface area contributed by atoms with Crippen molar-refractivity contribution < 1.29 is 10.2 Å². The Morgan fingerprint density at radius 3 is 2.16 bits per heavy atom. The van der Waals surface area contributed by atoms with Crippen molar-refractivity contribution in [1.82, 2.24) is 0 Å². The van der Waals surface area contributed by atoms with Crippen molar-refractivity contribution in [2.24, 2.45) is 0 Å². The summed E-state index contributed by atoms with van der Waals surface area (Å²) in [6, 6.07) is 17.3. The highest BCUT2D eigenvalue weighted by Crippen LogP contribution is 2.25. The highest BCUT2D eigenvalue weighted by Gasteiger charge is 2.04. The summed E-state index contributed by atoms with van der Waals surface area (Å²) in [6.07, 6.45) is 3.73. The summed E-state index contributed by atoms with van der Waals surface area (Å²) in [5, 5.41) is 18.3. The van der Waals surface area contributed by atoms with Crippen LogP contribution in [0.3, 0.4) is 0 Å². The lowest BCUT2D eigenvalue weighted by atomic mass is 9.96. The van der Waals surface area contributed by atoms with E-state index in [1.54, 1.807) is 12.1 Å². The van der Waals surface area contributed by atoms with Gasteiger partial charge in [-0.25, -0.2) is 0 Å². The van der Waals surface area contributed by atoms with Gasteiger partial charge in [0.25, 0.3) is 0 Å². The monoisotopic (exact) mass is 254 g/mol. The van der Waals surface area contributed by atoms with Crippen LogP contribution in [0.25, 0.3) is 5.57 Å². The third-order valence-corrected chi connectivity index (χ3v) is 2.97. The van der Waals surface area contributed by atoms with Crippen LogP contribution in [0.4, 0.5) is 0 Å². The van der Waals surface area contributed by atoms with Gasteiger partial charge >= 0.3 is 0 Å². The normalized spacial score (nSPS) is 11.5. The summed E-state index contributed by atoms with van der Waals surface area (Å²) in [7, 11) is 0. The van der Waals surface area contributed by atoms with E-state index in [-0.39, 0.29) is 12.4 Å². The fourth-order valence-corrected chi connectivity index (χ4v) is 2.00. The first-order valence-corrected chi connectivity index (χ1v) is 6.47. The first-order valence-electron chi connectivity index (χ1n) is 6.47. The van der Waals surface area contributed by atoms with Crippen LogP contribution in [0.15, 0.2) is 60.7 Å². The molecule has 0 radical (unpaired) electrons. The van der Waals surface area contributed by atoms with E-state index in [1.807, 2.05) is 30.3 Å². The number of rotatable bonds is 5. The zero-order valence-electron chi connectivity index (χ0n) is 10.8. The molecular weight excluding hydrogens is 236 g/mol. The summed E-state index contributed by atoms with van der Waals surface area (Å²) in [4.78, 5) is 0. The molecule has 0 aliphatic heterocycles. The summed E-state index contributed by atoms with van der Waals surface area (Å²) in [5.74, 6) is 0.270. The molecule has 0 saturated carbocycles. The number of benzene rings is 2. The van der Waals surface area contributed by atoms with Crippen molar-refractivity contribution in [2.45, 2.75) is 12.8 Å². The second-order valence-corrected chi connectivity index (χ2v) is 4.40. The van der Waals surface area contributed by atoms with E-state index in [0.717, 1.165) is 29.5 Å². The van der Waals surface area contributed by atoms with Gasteiger partial charge < -0.3 is 10.2 Å². The van der Waals surface area contributed by atoms with Crippen LogP contribution in [0.5, 0.6) is 5.75 Å². The van der Waals surface area contributed by atoms with Gasteiger partial charge in [-0.2, -0.15) is 0 Å². The van der Waals surface area contributed by atoms with Crippen LogP contribution in [0.1, 0.15) is 24.0 Å². The number of aliphatic hydroxyl groups is 1. The zero-order chi connectivity index (χ0) is 13.5. The van der Waals surface area contributed by atoms with Crippen LogP contribution in [0.2, 0.25) is 0 Å². The molecule has 2 nitrogen and oxygen atoms in total. The van der Waals surface area contributed by atoms with Gasteiger partial charge in [0, 0.05) is 6.61 Å². The van der Waals surface area contributed by atoms with E-state index in [1.165, 1.54) is 0 Å². The number of aromatic hydroxyl groups is 1. The van der Waals surface area contributed by atoms with Crippen LogP contribution >= 0.6 is 0 Å². The van der Waals surface area contributed by atoms with E-state index < -0.39 is 0 Å². The molecule has 0 unspecified atom stereocenters. The maximum absolute atomic E-state index is 9.37. The lowest BCUT2D eigenvalue weighted by Crippen LogP contribution is -1.89. The van der Waals surface area contributed by atoms with E-state index in [2.05, 4.69) is 18.2 Å². The second-order valence-electron chi connectivity index (χ2n) is 4.40. The van der Waals surface area contributed by atoms with Gasteiger partial charge in [0.15, 0.2) is 0 Å². The molecule has 2 rings (SSSR count). The Bertz CT molecular complexity index is 527. The Kier molecular flexibility index (Phi) is 4.76. The molecule has 0 amide bonds. The summed E-state index contributed by atoms with van der Waals surface area (Å²) in [5.41, 5.74) is 3.35. The molecule has 0 heterocycles. The lowest BCUT2D eigenvalue weighted by molar-refractivity contribution is 0.289. The second kappa shape index (κ2) is 6.76. The van der Waals surface area contributed by atoms with Crippen molar-refractivity contribution in [2.75, 3.05) is 6.61 Å². The van der Waals surface area contributed by atoms with Gasteiger partial charge in [-0.05, 0) is 41.7 Å². The molecular formula is C17H18O2. The minimum absolute atomic E-state index is 0.203. The van der Waals surface area contributed by atoms with E-state index in [9.17, 15) is 5.11 Å². The van der Waals surface area contributed by atoms with E-state index in [0.29, 0.717) is 0 Å². The van der Waals surface area contributed by atoms with Crippen LogP contribution < -0.4 is 0 Å². The Balaban J connectivity index is 2.34. The smallest absolute Gasteiger partial charge is 0.115 e. The highest BCUT2D eigenvalue weighted by atomic mass is 16.3. The Hall–Kier alpha value is -2.06. The van der Waals surface area contributed by atoms with Crippen molar-refractivity contribution >= 4 is 5.57 Å². The summed E-state index contributed by atoms with van der Waals surface area (Å²) >= 11 is 0. The molecule has 0 fully saturated rings. The van der Waals surface area contributed by atoms with Crippen molar-refractivity contribution in [1.29, 1.82) is 0 Å². The first kappa shape index (κ1) is 13.4. The van der Waals surface area contributed by atoms with Gasteiger partial charge in [0.2, 0.25) is 0 Å². The predicted octanol–water partition coefficient (Wildman–Crippen LogP) is 3.60. The average molecular weight is 254 g/mol. The highest BCUT2D eigenvalue weighted by molar-refractivity contribution is 5.79. The van der Waals surface area contributed by atoms with Crippen LogP contribution in [0, 0.1) is 0 Å². The SMILES string of the molecule is OCCCC=C(c1ccccc1)c1ccc(O)cc1. The molecule has 0 saturated heterocycles. The van der Waals surface area contributed by atoms with Crippen molar-refractivity contribution in [3.05, 3.63) is 71.8 Å². The van der Waals surface area contributed by atoms with E-state index in [4.69, 9.17) is 5.11 Å². The molecule has 0 aliphatic rings. The fourth-order valence-electron chi connectivity index (χ4n) is 2.00. The first-order chi connectivity index (χ1) is 9.31. The number of phenolic OH excluding ortho intramolecular Hbond substituents is 1. The molecule has 2 aromatic rings. The molecule has 0 aliphatic carbocycles. The number of unbranched alkanes of at least 4 members (excludes halogenated alkanes) is 1. The Morgan fingerprint density at radius 2 is 1.53 bits per heavy atom. The predicted molar refractivity (Wildman–Crippen MR) is 77.9 cm³/mol. The zero-order valence-corrected chi connectivity index (χ0v) is 10.8. The minimum atomic E-state index is 0.203. The molecule has 2 heteroatoms. The molecule has 0 aromatic heterocycles. The molecule has 0 spiro atoms. The third-order valence-electron chi connectivity index (χ3n) is 2.97.